The van der Waals surface area contributed by atoms with Crippen molar-refractivity contribution in [3.05, 3.63) is 53.8 Å². The second-order valence-electron chi connectivity index (χ2n) is 5.32. The first kappa shape index (κ1) is 17.1. The second kappa shape index (κ2) is 9.07. The van der Waals surface area contributed by atoms with E-state index in [4.69, 9.17) is 4.74 Å². The van der Waals surface area contributed by atoms with Crippen LogP contribution in [-0.4, -0.2) is 20.4 Å². The van der Waals surface area contributed by atoms with Crippen molar-refractivity contribution in [3.8, 4) is 0 Å². The van der Waals surface area contributed by atoms with Crippen molar-refractivity contribution in [2.24, 2.45) is 0 Å². The minimum absolute atomic E-state index is 0.999. The molecule has 0 fully saturated rings. The molecule has 0 atom stereocenters. The van der Waals surface area contributed by atoms with Crippen LogP contribution in [0.25, 0.3) is 6.08 Å². The van der Waals surface area contributed by atoms with E-state index < -0.39 is 13.3 Å². The normalized spacial score (nSPS) is 12.9. The molecule has 0 aliphatic heterocycles. The van der Waals surface area contributed by atoms with Gasteiger partial charge in [-0.3, -0.25) is 0 Å². The molecular weight excluding hydrogens is 305 g/mol. The van der Waals surface area contributed by atoms with E-state index in [0.29, 0.717) is 0 Å². The Morgan fingerprint density at radius 1 is 1.05 bits per heavy atom. The number of rotatable bonds is 8. The molecule has 1 aromatic carbocycles. The van der Waals surface area contributed by atoms with Crippen molar-refractivity contribution in [2.75, 3.05) is 7.11 Å². The fraction of sp³-hybridized carbons (Fsp3) is 0.444. The van der Waals surface area contributed by atoms with Gasteiger partial charge in [0, 0.05) is 0 Å². The van der Waals surface area contributed by atoms with Crippen LogP contribution in [0.5, 0.6) is 0 Å². The molecule has 1 rings (SSSR count). The van der Waals surface area contributed by atoms with E-state index >= 15 is 0 Å². The molecule has 0 aliphatic carbocycles. The Kier molecular flexibility index (Phi) is 7.75. The van der Waals surface area contributed by atoms with Gasteiger partial charge in [0.2, 0.25) is 0 Å². The quantitative estimate of drug-likeness (QED) is 0.335. The zero-order chi connectivity index (χ0) is 14.8. The van der Waals surface area contributed by atoms with Gasteiger partial charge < -0.3 is 0 Å². The van der Waals surface area contributed by atoms with Crippen molar-refractivity contribution >= 4 is 19.3 Å². The maximum absolute atomic E-state index is 5.51. The van der Waals surface area contributed by atoms with Crippen molar-refractivity contribution < 1.29 is 4.74 Å². The zero-order valence-corrected chi connectivity index (χ0v) is 15.5. The summed E-state index contributed by atoms with van der Waals surface area (Å²) < 4.78 is 5.51. The first-order chi connectivity index (χ1) is 9.69. The Morgan fingerprint density at radius 2 is 1.65 bits per heavy atom. The first-order valence-corrected chi connectivity index (χ1v) is 13.6. The van der Waals surface area contributed by atoms with Gasteiger partial charge in [-0.2, -0.15) is 0 Å². The Hall–Kier alpha value is -0.957. The van der Waals surface area contributed by atoms with Gasteiger partial charge >= 0.3 is 127 Å². The molecule has 0 bridgehead atoms. The van der Waals surface area contributed by atoms with Gasteiger partial charge in [0.15, 0.2) is 0 Å². The average Bonchev–Trinajstić information content (AvgIpc) is 2.53. The number of ether oxygens (including phenoxy) is 1. The van der Waals surface area contributed by atoms with E-state index in [1.165, 1.54) is 26.6 Å². The number of benzene rings is 1. The summed E-state index contributed by atoms with van der Waals surface area (Å²) in [5.74, 6) is 0.999. The maximum atomic E-state index is 5.51. The summed E-state index contributed by atoms with van der Waals surface area (Å²) in [4.78, 5) is 0. The number of methoxy groups -OCH3 is 1. The van der Waals surface area contributed by atoms with Gasteiger partial charge in [0.25, 0.3) is 0 Å². The van der Waals surface area contributed by atoms with Crippen molar-refractivity contribution in [1.29, 1.82) is 0 Å². The summed E-state index contributed by atoms with van der Waals surface area (Å²) in [6.45, 7) is 7.10. The Balaban J connectivity index is 2.75. The molecule has 0 radical (unpaired) electrons. The first-order valence-electron chi connectivity index (χ1n) is 7.67. The van der Waals surface area contributed by atoms with E-state index in [9.17, 15) is 0 Å². The van der Waals surface area contributed by atoms with Gasteiger partial charge in [0.05, 0.1) is 0 Å². The summed E-state index contributed by atoms with van der Waals surface area (Å²) >= 11 is -1.63. The average molecular weight is 333 g/mol. The summed E-state index contributed by atoms with van der Waals surface area (Å²) in [6.07, 6.45) is 6.52. The van der Waals surface area contributed by atoms with Gasteiger partial charge in [-0.05, 0) is 0 Å². The molecule has 0 unspecified atom stereocenters. The van der Waals surface area contributed by atoms with E-state index in [2.05, 4.69) is 63.3 Å². The van der Waals surface area contributed by atoms with E-state index in [1.807, 2.05) is 6.07 Å². The summed E-state index contributed by atoms with van der Waals surface area (Å²) in [7, 11) is 1.76. The SMILES string of the molecule is C[CH2][Ge]([CH2]C)([CH2]C)[CH2]/C=C(\C=C\c1ccccc1)OC. The van der Waals surface area contributed by atoms with Crippen molar-refractivity contribution in [2.45, 2.75) is 41.8 Å². The predicted molar refractivity (Wildman–Crippen MR) is 92.6 cm³/mol. The zero-order valence-electron chi connectivity index (χ0n) is 13.4. The summed E-state index contributed by atoms with van der Waals surface area (Å²) in [5.41, 5.74) is 1.21. The molecule has 0 saturated heterocycles. The van der Waals surface area contributed by atoms with E-state index in [1.54, 1.807) is 7.11 Å². The Bertz CT molecular complexity index is 422. The fourth-order valence-corrected chi connectivity index (χ4v) is 8.76. The fourth-order valence-electron chi connectivity index (χ4n) is 2.46. The number of allylic oxidation sites excluding steroid dienone is 2. The van der Waals surface area contributed by atoms with Gasteiger partial charge in [-0.1, -0.05) is 0 Å². The van der Waals surface area contributed by atoms with Gasteiger partial charge in [-0.25, -0.2) is 0 Å². The molecule has 0 heterocycles. The number of hydrogen-bond donors (Lipinski definition) is 0. The third-order valence-corrected chi connectivity index (χ3v) is 16.1. The second-order valence-corrected chi connectivity index (χ2v) is 16.9. The van der Waals surface area contributed by atoms with Crippen LogP contribution in [0.3, 0.4) is 0 Å². The van der Waals surface area contributed by atoms with Crippen LogP contribution in [0.15, 0.2) is 48.2 Å². The molecule has 110 valence electrons. The Labute approximate surface area is 127 Å². The van der Waals surface area contributed by atoms with Crippen LogP contribution in [0.4, 0.5) is 0 Å². The monoisotopic (exact) mass is 334 g/mol. The molecule has 0 aliphatic rings. The molecule has 2 heteroatoms. The molecule has 20 heavy (non-hydrogen) atoms. The van der Waals surface area contributed by atoms with Gasteiger partial charge in [0.1, 0.15) is 0 Å². The molecule has 0 spiro atoms. The van der Waals surface area contributed by atoms with E-state index in [0.717, 1.165) is 5.76 Å². The van der Waals surface area contributed by atoms with Crippen LogP contribution in [-0.2, 0) is 4.74 Å². The van der Waals surface area contributed by atoms with Crippen molar-refractivity contribution in [3.63, 3.8) is 0 Å². The minimum atomic E-state index is -1.63. The third kappa shape index (κ3) is 5.20. The molecule has 1 nitrogen and oxygen atoms in total. The van der Waals surface area contributed by atoms with Crippen molar-refractivity contribution in [1.82, 2.24) is 0 Å². The molecule has 0 saturated carbocycles. The van der Waals surface area contributed by atoms with E-state index in [-0.39, 0.29) is 0 Å². The molecular formula is C18H28GeO. The Morgan fingerprint density at radius 3 is 2.15 bits per heavy atom. The van der Waals surface area contributed by atoms with Gasteiger partial charge in [-0.15, -0.1) is 0 Å². The third-order valence-electron chi connectivity index (χ3n) is 4.46. The van der Waals surface area contributed by atoms with Crippen LogP contribution in [0.2, 0.25) is 21.0 Å². The number of hydrogen-bond acceptors (Lipinski definition) is 1. The summed E-state index contributed by atoms with van der Waals surface area (Å²) in [6, 6.07) is 10.4. The summed E-state index contributed by atoms with van der Waals surface area (Å²) in [5, 5.41) is 5.49. The van der Waals surface area contributed by atoms with Crippen LogP contribution in [0.1, 0.15) is 26.3 Å². The topological polar surface area (TPSA) is 9.23 Å². The predicted octanol–water partition coefficient (Wildman–Crippen LogP) is 5.74. The molecule has 0 aromatic heterocycles. The van der Waals surface area contributed by atoms with Crippen LogP contribution >= 0.6 is 0 Å². The standard InChI is InChI=1S/C18H28GeO/c1-5-19(6-2,7-3)16-15-18(20-4)14-13-17-11-9-8-10-12-17/h8-15H,5-7,16H2,1-4H3/b14-13+,18-15+. The molecule has 0 N–H and O–H groups in total. The molecule has 0 amide bonds. The van der Waals surface area contributed by atoms with Crippen LogP contribution in [0, 0.1) is 0 Å². The molecule has 1 aromatic rings. The van der Waals surface area contributed by atoms with Crippen LogP contribution < -0.4 is 0 Å².